The average molecular weight is 267 g/mol. The smallest absolute Gasteiger partial charge is 0.191 e. The Hall–Kier alpha value is -2.01. The van der Waals surface area contributed by atoms with Crippen molar-refractivity contribution in [2.45, 2.75) is 13.2 Å². The Labute approximate surface area is 108 Å². The quantitative estimate of drug-likeness (QED) is 0.923. The molecule has 0 radical (unpaired) electrons. The summed E-state index contributed by atoms with van der Waals surface area (Å²) in [7, 11) is 0. The zero-order chi connectivity index (χ0) is 13.8. The first-order valence-corrected chi connectivity index (χ1v) is 5.65. The average Bonchev–Trinajstić information content (AvgIpc) is 2.37. The van der Waals surface area contributed by atoms with Gasteiger partial charge in [-0.2, -0.15) is 0 Å². The van der Waals surface area contributed by atoms with Gasteiger partial charge in [-0.05, 0) is 35.4 Å². The number of halogens is 3. The van der Waals surface area contributed by atoms with Crippen LogP contribution < -0.4 is 10.5 Å². The molecule has 0 fully saturated rings. The van der Waals surface area contributed by atoms with Crippen molar-refractivity contribution < 1.29 is 17.9 Å². The third-order valence-electron chi connectivity index (χ3n) is 2.57. The van der Waals surface area contributed by atoms with E-state index in [2.05, 4.69) is 0 Å². The van der Waals surface area contributed by atoms with Gasteiger partial charge in [0.25, 0.3) is 0 Å². The first kappa shape index (κ1) is 13.4. The molecule has 5 heteroatoms. The van der Waals surface area contributed by atoms with Crippen LogP contribution in [0.1, 0.15) is 11.1 Å². The summed E-state index contributed by atoms with van der Waals surface area (Å²) in [5.74, 6) is -2.56. The molecule has 19 heavy (non-hydrogen) atoms. The molecule has 0 saturated heterocycles. The Morgan fingerprint density at radius 1 is 0.947 bits per heavy atom. The summed E-state index contributed by atoms with van der Waals surface area (Å²) in [6.45, 7) is -0.0778. The second kappa shape index (κ2) is 5.75. The molecule has 0 aromatic heterocycles. The van der Waals surface area contributed by atoms with Crippen LogP contribution in [0.3, 0.4) is 0 Å². The predicted molar refractivity (Wildman–Crippen MR) is 65.0 cm³/mol. The molecule has 0 saturated carbocycles. The lowest BCUT2D eigenvalue weighted by Crippen LogP contribution is -2.03. The fraction of sp³-hybridized carbons (Fsp3) is 0.143. The van der Waals surface area contributed by atoms with Crippen molar-refractivity contribution in [3.63, 3.8) is 0 Å². The Balaban J connectivity index is 2.16. The molecule has 0 bridgehead atoms. The number of rotatable bonds is 4. The van der Waals surface area contributed by atoms with Gasteiger partial charge in [0.15, 0.2) is 17.4 Å². The van der Waals surface area contributed by atoms with Gasteiger partial charge in [0, 0.05) is 6.54 Å². The highest BCUT2D eigenvalue weighted by molar-refractivity contribution is 5.31. The lowest BCUT2D eigenvalue weighted by Gasteiger charge is -2.09. The Bertz CT molecular complexity index is 564. The second-order valence-electron chi connectivity index (χ2n) is 4.01. The van der Waals surface area contributed by atoms with Crippen LogP contribution in [0.15, 0.2) is 36.4 Å². The fourth-order valence-electron chi connectivity index (χ4n) is 1.65. The molecule has 100 valence electrons. The lowest BCUT2D eigenvalue weighted by atomic mass is 10.2. The minimum atomic E-state index is -0.822. The van der Waals surface area contributed by atoms with Gasteiger partial charge in [-0.25, -0.2) is 13.2 Å². The van der Waals surface area contributed by atoms with Crippen LogP contribution >= 0.6 is 0 Å². The number of hydrogen-bond acceptors (Lipinski definition) is 2. The molecule has 0 atom stereocenters. The molecule has 2 aromatic rings. The van der Waals surface area contributed by atoms with Gasteiger partial charge in [0.05, 0.1) is 0 Å². The molecule has 2 N–H and O–H groups in total. The molecule has 0 heterocycles. The maximum Gasteiger partial charge on any atom is 0.191 e. The van der Waals surface area contributed by atoms with E-state index in [4.69, 9.17) is 10.5 Å². The maximum absolute atomic E-state index is 13.6. The van der Waals surface area contributed by atoms with Gasteiger partial charge in [-0.1, -0.05) is 12.1 Å². The second-order valence-corrected chi connectivity index (χ2v) is 4.01. The molecule has 2 aromatic carbocycles. The van der Waals surface area contributed by atoms with Gasteiger partial charge in [-0.3, -0.25) is 0 Å². The molecule has 2 rings (SSSR count). The third kappa shape index (κ3) is 3.26. The molecule has 0 amide bonds. The van der Waals surface area contributed by atoms with Gasteiger partial charge < -0.3 is 10.5 Å². The van der Waals surface area contributed by atoms with Crippen molar-refractivity contribution in [3.8, 4) is 5.75 Å². The van der Waals surface area contributed by atoms with Crippen LogP contribution in [0, 0.1) is 17.5 Å². The fourth-order valence-corrected chi connectivity index (χ4v) is 1.65. The van der Waals surface area contributed by atoms with E-state index < -0.39 is 23.2 Å². The van der Waals surface area contributed by atoms with E-state index in [0.717, 1.165) is 12.1 Å². The summed E-state index contributed by atoms with van der Waals surface area (Å²) in [6, 6.07) is 7.85. The molecular weight excluding hydrogens is 255 g/mol. The zero-order valence-corrected chi connectivity index (χ0v) is 10.00. The highest BCUT2D eigenvalue weighted by Gasteiger charge is 2.12. The van der Waals surface area contributed by atoms with E-state index in [1.54, 1.807) is 6.07 Å². The van der Waals surface area contributed by atoms with Crippen LogP contribution in [0.5, 0.6) is 5.75 Å². The van der Waals surface area contributed by atoms with E-state index in [1.807, 2.05) is 0 Å². The molecule has 0 unspecified atom stereocenters. The number of benzene rings is 2. The number of ether oxygens (including phenoxy) is 1. The van der Waals surface area contributed by atoms with Gasteiger partial charge >= 0.3 is 0 Å². The van der Waals surface area contributed by atoms with E-state index in [1.165, 1.54) is 18.2 Å². The first-order valence-electron chi connectivity index (χ1n) is 5.65. The van der Waals surface area contributed by atoms with Crippen LogP contribution in [0.2, 0.25) is 0 Å². The molecule has 2 nitrogen and oxygen atoms in total. The Morgan fingerprint density at radius 3 is 2.21 bits per heavy atom. The minimum absolute atomic E-state index is 0.0397. The number of hydrogen-bond donors (Lipinski definition) is 1. The van der Waals surface area contributed by atoms with E-state index >= 15 is 0 Å². The van der Waals surface area contributed by atoms with Gasteiger partial charge in [0.2, 0.25) is 0 Å². The highest BCUT2D eigenvalue weighted by Crippen LogP contribution is 2.24. The third-order valence-corrected chi connectivity index (χ3v) is 2.57. The van der Waals surface area contributed by atoms with Crippen LogP contribution in [0.4, 0.5) is 13.2 Å². The summed E-state index contributed by atoms with van der Waals surface area (Å²) in [4.78, 5) is 0. The molecule has 0 aliphatic carbocycles. The number of nitrogens with two attached hydrogens (primary N) is 1. The summed E-state index contributed by atoms with van der Waals surface area (Å²) in [6.07, 6.45) is 0. The monoisotopic (exact) mass is 267 g/mol. The van der Waals surface area contributed by atoms with Crippen LogP contribution in [-0.4, -0.2) is 0 Å². The van der Waals surface area contributed by atoms with Gasteiger partial charge in [0.1, 0.15) is 12.4 Å². The summed E-state index contributed by atoms with van der Waals surface area (Å²) in [5.41, 5.74) is 6.13. The topological polar surface area (TPSA) is 35.2 Å². The highest BCUT2D eigenvalue weighted by atomic mass is 19.1. The predicted octanol–water partition coefficient (Wildman–Crippen LogP) is 3.14. The van der Waals surface area contributed by atoms with E-state index in [0.29, 0.717) is 11.1 Å². The zero-order valence-electron chi connectivity index (χ0n) is 10.00. The van der Waals surface area contributed by atoms with E-state index in [9.17, 15) is 13.2 Å². The molecule has 0 aliphatic heterocycles. The standard InChI is InChI=1S/C14H12F3NO/c15-11-3-1-2-9(4-11)8-19-14-12(16)5-10(7-18)6-13(14)17/h1-6H,7-8,18H2. The summed E-state index contributed by atoms with van der Waals surface area (Å²) < 4.78 is 45.2. The van der Waals surface area contributed by atoms with Crippen LogP contribution in [-0.2, 0) is 13.2 Å². The Kier molecular flexibility index (Phi) is 4.06. The van der Waals surface area contributed by atoms with Crippen molar-refractivity contribution in [2.75, 3.05) is 0 Å². The van der Waals surface area contributed by atoms with Crippen molar-refractivity contribution in [3.05, 3.63) is 65.0 Å². The van der Waals surface area contributed by atoms with Gasteiger partial charge in [-0.15, -0.1) is 0 Å². The normalized spacial score (nSPS) is 10.5. The first-order chi connectivity index (χ1) is 9.10. The minimum Gasteiger partial charge on any atom is -0.483 e. The summed E-state index contributed by atoms with van der Waals surface area (Å²) in [5, 5.41) is 0. The van der Waals surface area contributed by atoms with E-state index in [-0.39, 0.29) is 13.2 Å². The molecule has 0 spiro atoms. The SMILES string of the molecule is NCc1cc(F)c(OCc2cccc(F)c2)c(F)c1. The van der Waals surface area contributed by atoms with Crippen molar-refractivity contribution in [2.24, 2.45) is 5.73 Å². The van der Waals surface area contributed by atoms with Crippen LogP contribution in [0.25, 0.3) is 0 Å². The van der Waals surface area contributed by atoms with Crippen molar-refractivity contribution in [1.29, 1.82) is 0 Å². The lowest BCUT2D eigenvalue weighted by molar-refractivity contribution is 0.273. The Morgan fingerprint density at radius 2 is 1.63 bits per heavy atom. The van der Waals surface area contributed by atoms with Crippen molar-refractivity contribution >= 4 is 0 Å². The molecule has 0 aliphatic rings. The maximum atomic E-state index is 13.6. The van der Waals surface area contributed by atoms with Crippen molar-refractivity contribution in [1.82, 2.24) is 0 Å². The summed E-state index contributed by atoms with van der Waals surface area (Å²) >= 11 is 0. The largest absolute Gasteiger partial charge is 0.483 e. The molecular formula is C14H12F3NO.